The van der Waals surface area contributed by atoms with Crippen molar-refractivity contribution in [3.05, 3.63) is 53.9 Å². The molecule has 2 rings (SSSR count). The fourth-order valence-corrected chi connectivity index (χ4v) is 1.92. The lowest BCUT2D eigenvalue weighted by Gasteiger charge is -2.12. The molecule has 19 heavy (non-hydrogen) atoms. The molecule has 1 unspecified atom stereocenters. The Morgan fingerprint density at radius 1 is 1.32 bits per heavy atom. The fraction of sp³-hybridized carbons (Fsp3) is 0.333. The lowest BCUT2D eigenvalue weighted by Crippen LogP contribution is -2.06. The van der Waals surface area contributed by atoms with E-state index < -0.39 is 0 Å². The molecule has 99 valence electrons. The van der Waals surface area contributed by atoms with Crippen LogP contribution in [0, 0.1) is 0 Å². The second-order valence-corrected chi connectivity index (χ2v) is 4.48. The third kappa shape index (κ3) is 4.56. The number of methoxy groups -OCH3 is 1. The number of benzene rings is 1. The minimum absolute atomic E-state index is 0.135. The quantitative estimate of drug-likeness (QED) is 0.575. The van der Waals surface area contributed by atoms with Crippen LogP contribution in [0.2, 0.25) is 5.82 Å². The van der Waals surface area contributed by atoms with Gasteiger partial charge in [-0.05, 0) is 36.5 Å². The SMILES string of the molecule is COCOc1ccc(C[B]C2C=CC(F)=CC2)cc1. The Morgan fingerprint density at radius 2 is 2.11 bits per heavy atom. The van der Waals surface area contributed by atoms with Gasteiger partial charge >= 0.3 is 0 Å². The molecule has 1 atom stereocenters. The molecule has 1 aromatic rings. The van der Waals surface area contributed by atoms with E-state index in [0.717, 1.165) is 18.5 Å². The average Bonchev–Trinajstić information content (AvgIpc) is 2.46. The maximum atomic E-state index is 12.8. The summed E-state index contributed by atoms with van der Waals surface area (Å²) < 4.78 is 23.0. The molecule has 0 amide bonds. The van der Waals surface area contributed by atoms with E-state index in [1.165, 1.54) is 11.6 Å². The van der Waals surface area contributed by atoms with Gasteiger partial charge in [-0.3, -0.25) is 0 Å². The summed E-state index contributed by atoms with van der Waals surface area (Å²) in [7, 11) is 3.79. The molecule has 1 aliphatic rings. The molecule has 0 heterocycles. The van der Waals surface area contributed by atoms with Crippen LogP contribution in [0.5, 0.6) is 5.75 Å². The Kier molecular flexibility index (Phi) is 5.22. The number of rotatable bonds is 6. The van der Waals surface area contributed by atoms with Gasteiger partial charge in [0.1, 0.15) is 18.9 Å². The lowest BCUT2D eigenvalue weighted by atomic mass is 9.58. The predicted molar refractivity (Wildman–Crippen MR) is 75.1 cm³/mol. The van der Waals surface area contributed by atoms with Gasteiger partial charge in [0.25, 0.3) is 0 Å². The summed E-state index contributed by atoms with van der Waals surface area (Å²) >= 11 is 0. The van der Waals surface area contributed by atoms with Gasteiger partial charge in [0.15, 0.2) is 6.79 Å². The average molecular weight is 259 g/mol. The highest BCUT2D eigenvalue weighted by Gasteiger charge is 2.10. The summed E-state index contributed by atoms with van der Waals surface area (Å²) in [5.74, 6) is 0.987. The van der Waals surface area contributed by atoms with Crippen molar-refractivity contribution in [2.75, 3.05) is 13.9 Å². The van der Waals surface area contributed by atoms with Gasteiger partial charge in [-0.1, -0.05) is 30.1 Å². The third-order valence-corrected chi connectivity index (χ3v) is 3.01. The van der Waals surface area contributed by atoms with Crippen molar-refractivity contribution in [1.29, 1.82) is 0 Å². The van der Waals surface area contributed by atoms with Gasteiger partial charge in [0.05, 0.1) is 0 Å². The summed E-state index contributed by atoms with van der Waals surface area (Å²) in [6, 6.07) is 7.92. The first-order chi connectivity index (χ1) is 9.28. The van der Waals surface area contributed by atoms with Crippen LogP contribution in [-0.4, -0.2) is 21.2 Å². The van der Waals surface area contributed by atoms with E-state index in [2.05, 4.69) is 7.28 Å². The molecule has 0 aliphatic heterocycles. The molecule has 0 saturated carbocycles. The lowest BCUT2D eigenvalue weighted by molar-refractivity contribution is 0.0511. The van der Waals surface area contributed by atoms with Gasteiger partial charge in [-0.2, -0.15) is 0 Å². The van der Waals surface area contributed by atoms with Crippen molar-refractivity contribution in [3.63, 3.8) is 0 Å². The Hall–Kier alpha value is -1.55. The van der Waals surface area contributed by atoms with E-state index >= 15 is 0 Å². The van der Waals surface area contributed by atoms with Crippen LogP contribution >= 0.6 is 0 Å². The maximum Gasteiger partial charge on any atom is 0.188 e. The van der Waals surface area contributed by atoms with E-state index in [1.54, 1.807) is 13.2 Å². The van der Waals surface area contributed by atoms with Crippen LogP contribution in [0.25, 0.3) is 0 Å². The molecule has 0 bridgehead atoms. The predicted octanol–water partition coefficient (Wildman–Crippen LogP) is 3.48. The van der Waals surface area contributed by atoms with Gasteiger partial charge in [0.2, 0.25) is 0 Å². The number of allylic oxidation sites excluding steroid dienone is 4. The van der Waals surface area contributed by atoms with Crippen molar-refractivity contribution in [1.82, 2.24) is 0 Å². The molecule has 0 spiro atoms. The van der Waals surface area contributed by atoms with Crippen LogP contribution in [0.1, 0.15) is 12.0 Å². The third-order valence-electron chi connectivity index (χ3n) is 3.01. The van der Waals surface area contributed by atoms with Crippen LogP contribution in [-0.2, 0) is 11.1 Å². The van der Waals surface area contributed by atoms with Crippen molar-refractivity contribution < 1.29 is 13.9 Å². The monoisotopic (exact) mass is 259 g/mol. The smallest absolute Gasteiger partial charge is 0.188 e. The number of halogens is 1. The molecule has 0 aromatic heterocycles. The van der Waals surface area contributed by atoms with Gasteiger partial charge in [-0.15, -0.1) is 0 Å². The van der Waals surface area contributed by atoms with Crippen LogP contribution < -0.4 is 4.74 Å². The first-order valence-corrected chi connectivity index (χ1v) is 6.36. The topological polar surface area (TPSA) is 18.5 Å². The molecule has 0 fully saturated rings. The van der Waals surface area contributed by atoms with Crippen molar-refractivity contribution >= 4 is 7.28 Å². The van der Waals surface area contributed by atoms with Crippen LogP contribution in [0.15, 0.2) is 48.3 Å². The molecule has 1 aliphatic carbocycles. The van der Waals surface area contributed by atoms with Gasteiger partial charge < -0.3 is 9.47 Å². The Bertz CT molecular complexity index is 454. The molecular weight excluding hydrogens is 242 g/mol. The Morgan fingerprint density at radius 3 is 2.74 bits per heavy atom. The van der Waals surface area contributed by atoms with Crippen LogP contribution in [0.3, 0.4) is 0 Å². The second kappa shape index (κ2) is 7.14. The summed E-state index contributed by atoms with van der Waals surface area (Å²) in [5.41, 5.74) is 1.22. The van der Waals surface area contributed by atoms with Gasteiger partial charge in [0, 0.05) is 7.11 Å². The normalized spacial score (nSPS) is 18.0. The maximum absolute atomic E-state index is 12.8. The van der Waals surface area contributed by atoms with E-state index in [4.69, 9.17) is 9.47 Å². The standard InChI is InChI=1S/C15H17BFO2/c1-18-11-19-15-8-2-12(3-9-15)10-16-13-4-6-14(17)7-5-13/h2-4,6-9,13H,5,10-11H2,1H3. The zero-order chi connectivity index (χ0) is 13.5. The fourth-order valence-electron chi connectivity index (χ4n) is 1.92. The molecule has 1 aromatic carbocycles. The largest absolute Gasteiger partial charge is 0.468 e. The number of hydrogen-bond donors (Lipinski definition) is 0. The van der Waals surface area contributed by atoms with E-state index in [1.807, 2.05) is 30.3 Å². The first-order valence-electron chi connectivity index (χ1n) is 6.36. The Labute approximate surface area is 114 Å². The summed E-state index contributed by atoms with van der Waals surface area (Å²) in [5, 5.41) is 0. The molecule has 4 heteroatoms. The van der Waals surface area contributed by atoms with Crippen LogP contribution in [0.4, 0.5) is 4.39 Å². The number of ether oxygens (including phenoxy) is 2. The minimum Gasteiger partial charge on any atom is -0.468 e. The number of hydrogen-bond acceptors (Lipinski definition) is 2. The van der Waals surface area contributed by atoms with Gasteiger partial charge in [-0.25, -0.2) is 4.39 Å². The summed E-state index contributed by atoms with van der Waals surface area (Å²) in [4.78, 5) is 0. The highest BCUT2D eigenvalue weighted by Crippen LogP contribution is 2.22. The minimum atomic E-state index is -0.135. The first kappa shape index (κ1) is 13.9. The molecular formula is C15H17BFO2. The molecule has 1 radical (unpaired) electrons. The zero-order valence-corrected chi connectivity index (χ0v) is 11.0. The molecule has 0 saturated heterocycles. The van der Waals surface area contributed by atoms with Crippen molar-refractivity contribution in [2.24, 2.45) is 0 Å². The summed E-state index contributed by atoms with van der Waals surface area (Å²) in [6.45, 7) is 0.260. The van der Waals surface area contributed by atoms with E-state index in [0.29, 0.717) is 5.82 Å². The van der Waals surface area contributed by atoms with E-state index in [9.17, 15) is 4.39 Å². The molecule has 0 N–H and O–H groups in total. The highest BCUT2D eigenvalue weighted by molar-refractivity contribution is 6.38. The Balaban J connectivity index is 1.78. The molecule has 2 nitrogen and oxygen atoms in total. The van der Waals surface area contributed by atoms with Crippen molar-refractivity contribution in [2.45, 2.75) is 18.6 Å². The zero-order valence-electron chi connectivity index (χ0n) is 11.0. The van der Waals surface area contributed by atoms with Crippen molar-refractivity contribution in [3.8, 4) is 5.75 Å². The second-order valence-electron chi connectivity index (χ2n) is 4.48. The highest BCUT2D eigenvalue weighted by atomic mass is 19.1. The van der Waals surface area contributed by atoms with E-state index in [-0.39, 0.29) is 12.6 Å². The summed E-state index contributed by atoms with van der Waals surface area (Å²) in [6.07, 6.45) is 6.69.